The van der Waals surface area contributed by atoms with Gasteiger partial charge in [-0.15, -0.1) is 0 Å². The van der Waals surface area contributed by atoms with E-state index in [1.54, 1.807) is 34.8 Å². The largest absolute Gasteiger partial charge is 0.481 e. The first-order valence-corrected chi connectivity index (χ1v) is 7.35. The lowest BCUT2D eigenvalue weighted by Crippen LogP contribution is -2.59. The number of nitrogens with one attached hydrogen (secondary N) is 2. The third kappa shape index (κ3) is 4.33. The molecule has 2 amide bonds. The Morgan fingerprint density at radius 2 is 1.81 bits per heavy atom. The molecule has 6 heteroatoms. The normalized spacial score (nSPS) is 17.2. The zero-order valence-electron chi connectivity index (χ0n) is 13.7. The Morgan fingerprint density at radius 3 is 2.24 bits per heavy atom. The van der Waals surface area contributed by atoms with E-state index in [9.17, 15) is 14.7 Å². The van der Waals surface area contributed by atoms with Crippen molar-refractivity contribution in [3.05, 3.63) is 0 Å². The first-order chi connectivity index (χ1) is 9.56. The number of carbonyl (C=O) groups excluding carboxylic acids is 1. The van der Waals surface area contributed by atoms with Gasteiger partial charge < -0.3 is 20.5 Å². The van der Waals surface area contributed by atoms with Crippen molar-refractivity contribution < 1.29 is 19.4 Å². The van der Waals surface area contributed by atoms with Gasteiger partial charge in [-0.05, 0) is 52.4 Å². The first-order valence-electron chi connectivity index (χ1n) is 7.35. The van der Waals surface area contributed by atoms with Crippen molar-refractivity contribution in [2.24, 2.45) is 10.8 Å². The first kappa shape index (κ1) is 17.8. The summed E-state index contributed by atoms with van der Waals surface area (Å²) in [5, 5.41) is 14.9. The van der Waals surface area contributed by atoms with Crippen molar-refractivity contribution >= 4 is 12.0 Å². The molecule has 0 heterocycles. The molecule has 0 spiro atoms. The summed E-state index contributed by atoms with van der Waals surface area (Å²) < 4.78 is 5.08. The van der Waals surface area contributed by atoms with E-state index in [2.05, 4.69) is 10.6 Å². The Hall–Kier alpha value is -1.30. The lowest BCUT2D eigenvalue weighted by atomic mass is 9.74. The number of amides is 2. The van der Waals surface area contributed by atoms with Gasteiger partial charge in [-0.3, -0.25) is 4.79 Å². The molecule has 0 unspecified atom stereocenters. The average Bonchev–Trinajstić information content (AvgIpc) is 3.14. The number of carbonyl (C=O) groups is 2. The van der Waals surface area contributed by atoms with E-state index >= 15 is 0 Å². The molecule has 0 aromatic carbocycles. The highest BCUT2D eigenvalue weighted by atomic mass is 16.5. The van der Waals surface area contributed by atoms with E-state index in [1.807, 2.05) is 0 Å². The predicted molar refractivity (Wildman–Crippen MR) is 80.2 cm³/mol. The second kappa shape index (κ2) is 6.22. The molecule has 1 saturated carbocycles. The van der Waals surface area contributed by atoms with Gasteiger partial charge >= 0.3 is 12.0 Å². The lowest BCUT2D eigenvalue weighted by Gasteiger charge is -2.38. The van der Waals surface area contributed by atoms with E-state index in [-0.39, 0.29) is 11.4 Å². The molecule has 21 heavy (non-hydrogen) atoms. The van der Waals surface area contributed by atoms with Crippen molar-refractivity contribution in [3.63, 3.8) is 0 Å². The molecular weight excluding hydrogens is 272 g/mol. The van der Waals surface area contributed by atoms with Gasteiger partial charge in [-0.1, -0.05) is 0 Å². The summed E-state index contributed by atoms with van der Waals surface area (Å²) in [5.74, 6) is -0.938. The predicted octanol–water partition coefficient (Wildman–Crippen LogP) is 1.99. The van der Waals surface area contributed by atoms with E-state index in [1.165, 1.54) is 0 Å². The summed E-state index contributed by atoms with van der Waals surface area (Å²) in [6.45, 7) is 7.96. The fourth-order valence-electron chi connectivity index (χ4n) is 2.03. The molecule has 0 radical (unpaired) electrons. The number of aliphatic carboxylic acids is 1. The minimum atomic E-state index is -1.06. The number of ether oxygens (including phenoxy) is 1. The van der Waals surface area contributed by atoms with Crippen LogP contribution in [0.25, 0.3) is 0 Å². The lowest BCUT2D eigenvalue weighted by molar-refractivity contribution is -0.150. The van der Waals surface area contributed by atoms with Gasteiger partial charge in [-0.25, -0.2) is 4.79 Å². The van der Waals surface area contributed by atoms with Crippen molar-refractivity contribution in [1.29, 1.82) is 0 Å². The summed E-state index contributed by atoms with van der Waals surface area (Å²) in [4.78, 5) is 23.3. The van der Waals surface area contributed by atoms with Gasteiger partial charge in [0, 0.05) is 20.3 Å². The zero-order chi connectivity index (χ0) is 16.3. The van der Waals surface area contributed by atoms with Crippen LogP contribution >= 0.6 is 0 Å². The van der Waals surface area contributed by atoms with Crippen LogP contribution in [0.4, 0.5) is 4.79 Å². The molecule has 1 aliphatic rings. The maximum absolute atomic E-state index is 12.0. The molecule has 1 aliphatic carbocycles. The number of hydrogen-bond donors (Lipinski definition) is 3. The Kier molecular flexibility index (Phi) is 5.25. The summed E-state index contributed by atoms with van der Waals surface area (Å²) >= 11 is 0. The maximum Gasteiger partial charge on any atom is 0.315 e. The van der Waals surface area contributed by atoms with Gasteiger partial charge in [0.05, 0.1) is 11.0 Å². The van der Waals surface area contributed by atoms with Crippen molar-refractivity contribution in [2.75, 3.05) is 20.3 Å². The molecule has 122 valence electrons. The fraction of sp³-hybridized carbons (Fsp3) is 0.867. The Bertz CT molecular complexity index is 400. The highest BCUT2D eigenvalue weighted by molar-refractivity contribution is 5.79. The molecule has 0 bridgehead atoms. The van der Waals surface area contributed by atoms with Gasteiger partial charge in [-0.2, -0.15) is 0 Å². The smallest absolute Gasteiger partial charge is 0.315 e. The Morgan fingerprint density at radius 1 is 1.24 bits per heavy atom. The molecule has 1 rings (SSSR count). The highest BCUT2D eigenvalue weighted by Crippen LogP contribution is 2.48. The minimum absolute atomic E-state index is 0.166. The summed E-state index contributed by atoms with van der Waals surface area (Å²) in [6.07, 6.45) is 3.13. The molecule has 1 fully saturated rings. The van der Waals surface area contributed by atoms with Crippen LogP contribution in [-0.4, -0.2) is 42.9 Å². The molecule has 6 nitrogen and oxygen atoms in total. The molecule has 0 atom stereocenters. The van der Waals surface area contributed by atoms with Crippen LogP contribution in [-0.2, 0) is 9.53 Å². The Balaban J connectivity index is 2.48. The SMILES string of the molecule is COCCC1(CNC(=O)NC(C)(C)C(C)(C)C(=O)O)CC1. The van der Waals surface area contributed by atoms with Crippen molar-refractivity contribution in [3.8, 4) is 0 Å². The van der Waals surface area contributed by atoms with Crippen LogP contribution in [0, 0.1) is 10.8 Å². The van der Waals surface area contributed by atoms with Crippen LogP contribution in [0.2, 0.25) is 0 Å². The minimum Gasteiger partial charge on any atom is -0.481 e. The summed E-state index contributed by atoms with van der Waals surface area (Å²) in [6, 6.07) is -0.321. The average molecular weight is 300 g/mol. The van der Waals surface area contributed by atoms with E-state index in [4.69, 9.17) is 4.74 Å². The summed E-state index contributed by atoms with van der Waals surface area (Å²) in [7, 11) is 1.67. The Labute approximate surface area is 126 Å². The topological polar surface area (TPSA) is 87.7 Å². The van der Waals surface area contributed by atoms with Crippen LogP contribution in [0.3, 0.4) is 0 Å². The van der Waals surface area contributed by atoms with Gasteiger partial charge in [0.15, 0.2) is 0 Å². The molecule has 0 saturated heterocycles. The molecule has 3 N–H and O–H groups in total. The number of hydrogen-bond acceptors (Lipinski definition) is 3. The molecular formula is C15H28N2O4. The van der Waals surface area contributed by atoms with E-state index in [0.717, 1.165) is 19.3 Å². The van der Waals surface area contributed by atoms with Gasteiger partial charge in [0.25, 0.3) is 0 Å². The maximum atomic E-state index is 12.0. The van der Waals surface area contributed by atoms with Crippen LogP contribution < -0.4 is 10.6 Å². The number of rotatable bonds is 8. The number of urea groups is 1. The number of carboxylic acid groups (broad SMARTS) is 1. The third-order valence-corrected chi connectivity index (χ3v) is 4.94. The van der Waals surface area contributed by atoms with Crippen LogP contribution in [0.5, 0.6) is 0 Å². The highest BCUT2D eigenvalue weighted by Gasteiger charge is 2.45. The standard InChI is InChI=1S/C15H28N2O4/c1-13(2,11(18)19)14(3,4)17-12(20)16-10-15(6-7-15)8-9-21-5/h6-10H2,1-5H3,(H,18,19)(H2,16,17,20). The summed E-state index contributed by atoms with van der Waals surface area (Å²) in [5.41, 5.74) is -1.75. The van der Waals surface area contributed by atoms with E-state index in [0.29, 0.717) is 13.2 Å². The zero-order valence-corrected chi connectivity index (χ0v) is 13.7. The second-order valence-corrected chi connectivity index (χ2v) is 7.11. The van der Waals surface area contributed by atoms with Crippen LogP contribution in [0.15, 0.2) is 0 Å². The monoisotopic (exact) mass is 300 g/mol. The fourth-order valence-corrected chi connectivity index (χ4v) is 2.03. The quantitative estimate of drug-likeness (QED) is 0.639. The van der Waals surface area contributed by atoms with Crippen molar-refractivity contribution in [2.45, 2.75) is 52.5 Å². The number of carboxylic acids is 1. The molecule has 0 aromatic rings. The van der Waals surface area contributed by atoms with E-state index < -0.39 is 16.9 Å². The van der Waals surface area contributed by atoms with Crippen LogP contribution in [0.1, 0.15) is 47.0 Å². The van der Waals surface area contributed by atoms with Gasteiger partial charge in [0.1, 0.15) is 0 Å². The van der Waals surface area contributed by atoms with Gasteiger partial charge in [0.2, 0.25) is 0 Å². The second-order valence-electron chi connectivity index (χ2n) is 7.11. The number of methoxy groups -OCH3 is 1. The molecule has 0 aliphatic heterocycles. The van der Waals surface area contributed by atoms with Crippen molar-refractivity contribution in [1.82, 2.24) is 10.6 Å². The third-order valence-electron chi connectivity index (χ3n) is 4.94. The molecule has 0 aromatic heterocycles.